The lowest BCUT2D eigenvalue weighted by Crippen LogP contribution is -2.40. The number of piperidine rings is 1. The molecule has 1 aliphatic heterocycles. The standard InChI is InChI=1S/C15H16N6O2/c22-20-10-18-21(23)15-7-11(1-2-14(15)20)12-8-17-19(9-12)13-3-5-16-6-4-13/h1-2,7-10,13,16H,3-6H2. The molecule has 0 saturated carbocycles. The molecule has 1 fully saturated rings. The second-order valence-electron chi connectivity index (χ2n) is 5.72. The maximum absolute atomic E-state index is 11.8. The fourth-order valence-electron chi connectivity index (χ4n) is 3.02. The molecule has 0 aliphatic carbocycles. The number of nitrogens with one attached hydrogen (secondary N) is 1. The molecule has 3 heterocycles. The molecule has 1 aliphatic rings. The van der Waals surface area contributed by atoms with Crippen LogP contribution < -0.4 is 14.9 Å². The van der Waals surface area contributed by atoms with Crippen LogP contribution in [0.2, 0.25) is 0 Å². The van der Waals surface area contributed by atoms with E-state index in [0.717, 1.165) is 43.4 Å². The van der Waals surface area contributed by atoms with Crippen LogP contribution in [0.3, 0.4) is 0 Å². The number of aromatic nitrogens is 5. The van der Waals surface area contributed by atoms with Crippen LogP contribution in [0.25, 0.3) is 22.2 Å². The van der Waals surface area contributed by atoms with Gasteiger partial charge in [-0.05, 0) is 43.6 Å². The van der Waals surface area contributed by atoms with Gasteiger partial charge in [-0.15, -0.1) is 0 Å². The van der Waals surface area contributed by atoms with E-state index in [1.165, 1.54) is 0 Å². The summed E-state index contributed by atoms with van der Waals surface area (Å²) in [5, 5.41) is 34.8. The van der Waals surface area contributed by atoms with Crippen molar-refractivity contribution in [1.29, 1.82) is 0 Å². The summed E-state index contributed by atoms with van der Waals surface area (Å²) < 4.78 is 2.58. The van der Waals surface area contributed by atoms with Crippen molar-refractivity contribution in [2.75, 3.05) is 13.1 Å². The average molecular weight is 312 g/mol. The number of nitrogens with zero attached hydrogens (tertiary/aromatic N) is 5. The summed E-state index contributed by atoms with van der Waals surface area (Å²) in [5.74, 6) is 0. The van der Waals surface area contributed by atoms with E-state index in [0.29, 0.717) is 21.1 Å². The molecule has 1 aromatic carbocycles. The van der Waals surface area contributed by atoms with Crippen LogP contribution in [0.1, 0.15) is 18.9 Å². The van der Waals surface area contributed by atoms with E-state index in [1.54, 1.807) is 18.3 Å². The normalized spacial score (nSPS) is 16.0. The molecule has 0 atom stereocenters. The molecule has 8 heteroatoms. The molecule has 0 radical (unpaired) electrons. The second-order valence-corrected chi connectivity index (χ2v) is 5.72. The first-order valence-electron chi connectivity index (χ1n) is 7.59. The Kier molecular flexibility index (Phi) is 3.30. The number of rotatable bonds is 2. The van der Waals surface area contributed by atoms with E-state index in [1.807, 2.05) is 16.9 Å². The molecular weight excluding hydrogens is 296 g/mol. The van der Waals surface area contributed by atoms with Crippen molar-refractivity contribution in [2.45, 2.75) is 18.9 Å². The van der Waals surface area contributed by atoms with Crippen LogP contribution in [0.15, 0.2) is 36.9 Å². The monoisotopic (exact) mass is 312 g/mol. The van der Waals surface area contributed by atoms with Crippen molar-refractivity contribution in [3.8, 4) is 11.1 Å². The molecule has 3 aromatic rings. The molecular formula is C15H16N6O2. The molecule has 0 spiro atoms. The topological polar surface area (TPSA) is 96.6 Å². The zero-order chi connectivity index (χ0) is 15.8. The predicted octanol–water partition coefficient (Wildman–Crippen LogP) is 0.290. The molecule has 0 unspecified atom stereocenters. The van der Waals surface area contributed by atoms with Gasteiger partial charge in [-0.25, -0.2) is 4.73 Å². The summed E-state index contributed by atoms with van der Waals surface area (Å²) in [4.78, 5) is 0.463. The maximum Gasteiger partial charge on any atom is 0.365 e. The number of hydrogen-bond acceptors (Lipinski definition) is 5. The first kappa shape index (κ1) is 13.9. The Morgan fingerprint density at radius 3 is 2.78 bits per heavy atom. The molecule has 118 valence electrons. The Balaban J connectivity index is 1.72. The van der Waals surface area contributed by atoms with Crippen molar-refractivity contribution < 1.29 is 9.58 Å². The number of hydrogen-bond donors (Lipinski definition) is 1. The predicted molar refractivity (Wildman–Crippen MR) is 82.0 cm³/mol. The number of fused-ring (bicyclic) bond motifs is 1. The van der Waals surface area contributed by atoms with Gasteiger partial charge in [-0.2, -0.15) is 5.10 Å². The fourth-order valence-corrected chi connectivity index (χ4v) is 3.02. The van der Waals surface area contributed by atoms with Crippen LogP contribution in [0.5, 0.6) is 0 Å². The van der Waals surface area contributed by atoms with Crippen molar-refractivity contribution >= 4 is 11.0 Å². The lowest BCUT2D eigenvalue weighted by atomic mass is 10.1. The van der Waals surface area contributed by atoms with Crippen LogP contribution in [-0.2, 0) is 0 Å². The largest absolute Gasteiger partial charge is 0.710 e. The molecule has 0 bridgehead atoms. The van der Waals surface area contributed by atoms with Gasteiger partial charge in [-0.3, -0.25) is 4.68 Å². The van der Waals surface area contributed by atoms with Gasteiger partial charge in [-0.1, -0.05) is 0 Å². The van der Waals surface area contributed by atoms with E-state index in [-0.39, 0.29) is 5.52 Å². The van der Waals surface area contributed by atoms with E-state index in [9.17, 15) is 10.4 Å². The smallest absolute Gasteiger partial charge is 0.365 e. The van der Waals surface area contributed by atoms with Crippen molar-refractivity contribution in [2.24, 2.45) is 0 Å². The minimum absolute atomic E-state index is 0.245. The minimum atomic E-state index is 0.245. The summed E-state index contributed by atoms with van der Waals surface area (Å²) >= 11 is 0. The minimum Gasteiger partial charge on any atom is -0.710 e. The third-order valence-corrected chi connectivity index (χ3v) is 4.30. The van der Waals surface area contributed by atoms with Gasteiger partial charge >= 0.3 is 11.8 Å². The van der Waals surface area contributed by atoms with Crippen LogP contribution >= 0.6 is 0 Å². The van der Waals surface area contributed by atoms with E-state index in [2.05, 4.69) is 15.5 Å². The average Bonchev–Trinajstić information content (AvgIpc) is 3.09. The first-order chi connectivity index (χ1) is 11.2. The fraction of sp³-hybridized carbons (Fsp3) is 0.333. The SMILES string of the molecule is [O-][n+]1cn[n+]([O-])c2cc(-c3cnn(C4CCNCC4)c3)ccc21. The van der Waals surface area contributed by atoms with E-state index >= 15 is 0 Å². The molecule has 1 N–H and O–H groups in total. The summed E-state index contributed by atoms with van der Waals surface area (Å²) in [6.07, 6.45) is 6.86. The molecule has 2 aromatic heterocycles. The Labute approximate surface area is 132 Å². The quantitative estimate of drug-likeness (QED) is 0.542. The number of benzene rings is 1. The van der Waals surface area contributed by atoms with Crippen LogP contribution in [0, 0.1) is 10.4 Å². The van der Waals surface area contributed by atoms with Crippen molar-refractivity contribution in [3.05, 3.63) is 47.3 Å². The molecule has 23 heavy (non-hydrogen) atoms. The summed E-state index contributed by atoms with van der Waals surface area (Å²) in [5.41, 5.74) is 2.31. The molecule has 0 amide bonds. The van der Waals surface area contributed by atoms with Gasteiger partial charge in [0.25, 0.3) is 0 Å². The highest BCUT2D eigenvalue weighted by Gasteiger charge is 2.18. The highest BCUT2D eigenvalue weighted by molar-refractivity contribution is 5.76. The van der Waals surface area contributed by atoms with Crippen molar-refractivity contribution in [1.82, 2.24) is 20.2 Å². The Morgan fingerprint density at radius 2 is 1.96 bits per heavy atom. The molecule has 4 rings (SSSR count). The van der Waals surface area contributed by atoms with Gasteiger partial charge in [0.15, 0.2) is 0 Å². The lowest BCUT2D eigenvalue weighted by molar-refractivity contribution is -0.680. The second kappa shape index (κ2) is 5.47. The highest BCUT2D eigenvalue weighted by Crippen LogP contribution is 2.24. The maximum atomic E-state index is 11.8. The van der Waals surface area contributed by atoms with Gasteiger partial charge in [0.1, 0.15) is 0 Å². The Hall–Kier alpha value is -2.74. The van der Waals surface area contributed by atoms with Gasteiger partial charge < -0.3 is 15.7 Å². The Bertz CT molecular complexity index is 856. The first-order valence-corrected chi connectivity index (χ1v) is 7.59. The van der Waals surface area contributed by atoms with Gasteiger partial charge in [0.2, 0.25) is 10.6 Å². The van der Waals surface area contributed by atoms with E-state index < -0.39 is 0 Å². The summed E-state index contributed by atoms with van der Waals surface area (Å²) in [6.45, 7) is 2.00. The van der Waals surface area contributed by atoms with Gasteiger partial charge in [0, 0.05) is 17.8 Å². The molecule has 1 saturated heterocycles. The van der Waals surface area contributed by atoms with Crippen LogP contribution in [-0.4, -0.2) is 28.0 Å². The molecule has 8 nitrogen and oxygen atoms in total. The van der Waals surface area contributed by atoms with Gasteiger partial charge in [0.05, 0.1) is 17.1 Å². The summed E-state index contributed by atoms with van der Waals surface area (Å²) in [7, 11) is 0. The van der Waals surface area contributed by atoms with Crippen molar-refractivity contribution in [3.63, 3.8) is 0 Å². The lowest BCUT2D eigenvalue weighted by Gasteiger charge is -2.22. The zero-order valence-corrected chi connectivity index (χ0v) is 12.4. The van der Waals surface area contributed by atoms with Crippen LogP contribution in [0.4, 0.5) is 0 Å². The third kappa shape index (κ3) is 2.46. The van der Waals surface area contributed by atoms with E-state index in [4.69, 9.17) is 0 Å². The zero-order valence-electron chi connectivity index (χ0n) is 12.4. The third-order valence-electron chi connectivity index (χ3n) is 4.30. The highest BCUT2D eigenvalue weighted by atomic mass is 16.5. The summed E-state index contributed by atoms with van der Waals surface area (Å²) in [6, 6.07) is 5.53. The Morgan fingerprint density at radius 1 is 1.13 bits per heavy atom.